The van der Waals surface area contributed by atoms with E-state index in [2.05, 4.69) is 40.7 Å². The Bertz CT molecular complexity index is 766. The number of hydrogen-bond donors (Lipinski definition) is 0. The summed E-state index contributed by atoms with van der Waals surface area (Å²) in [4.78, 5) is 24.9. The predicted octanol–water partition coefficient (Wildman–Crippen LogP) is 7.14. The highest BCUT2D eigenvalue weighted by atomic mass is 16.5. The highest BCUT2D eigenvalue weighted by Gasteiger charge is 2.59. The highest BCUT2D eigenvalue weighted by molar-refractivity contribution is 5.94. The maximum absolute atomic E-state index is 13.4. The number of rotatable bonds is 6. The molecule has 0 aromatic heterocycles. The van der Waals surface area contributed by atoms with Crippen molar-refractivity contribution in [3.63, 3.8) is 0 Å². The van der Waals surface area contributed by atoms with E-state index in [0.29, 0.717) is 29.5 Å². The van der Waals surface area contributed by atoms with Gasteiger partial charge in [-0.05, 0) is 91.4 Å². The summed E-state index contributed by atoms with van der Waals surface area (Å²) < 4.78 is 5.53. The van der Waals surface area contributed by atoms with Crippen molar-refractivity contribution in [1.29, 1.82) is 0 Å². The summed E-state index contributed by atoms with van der Waals surface area (Å²) >= 11 is 0. The Kier molecular flexibility index (Phi) is 6.69. The molecule has 0 aromatic carbocycles. The van der Waals surface area contributed by atoms with Crippen LogP contribution in [0.25, 0.3) is 0 Å². The quantitative estimate of drug-likeness (QED) is 0.411. The molecule has 0 bridgehead atoms. The van der Waals surface area contributed by atoms with E-state index in [1.54, 1.807) is 0 Å². The van der Waals surface area contributed by atoms with Crippen LogP contribution in [0.5, 0.6) is 0 Å². The molecule has 4 aliphatic carbocycles. The number of carbonyl (C=O) groups is 2. The van der Waals surface area contributed by atoms with E-state index in [0.717, 1.165) is 30.6 Å². The number of carbonyl (C=O) groups excluding carboxylic acids is 2. The Balaban J connectivity index is 1.52. The average Bonchev–Trinajstić information content (AvgIpc) is 3.06. The van der Waals surface area contributed by atoms with Crippen LogP contribution in [0.4, 0.5) is 0 Å². The van der Waals surface area contributed by atoms with Gasteiger partial charge in [0, 0.05) is 12.8 Å². The van der Waals surface area contributed by atoms with Gasteiger partial charge in [0.1, 0.15) is 6.10 Å². The molecule has 3 heteroatoms. The van der Waals surface area contributed by atoms with Gasteiger partial charge in [0.25, 0.3) is 0 Å². The van der Waals surface area contributed by atoms with Gasteiger partial charge in [-0.2, -0.15) is 0 Å². The molecule has 0 aromatic rings. The first-order valence-corrected chi connectivity index (χ1v) is 13.5. The smallest absolute Gasteiger partial charge is 0.302 e. The Morgan fingerprint density at radius 3 is 2.38 bits per heavy atom. The summed E-state index contributed by atoms with van der Waals surface area (Å²) in [7, 11) is 0. The topological polar surface area (TPSA) is 43.4 Å². The number of hydrogen-bond acceptors (Lipinski definition) is 3. The van der Waals surface area contributed by atoms with Crippen LogP contribution in [0.3, 0.4) is 0 Å². The SMILES string of the molecule is CC(=O)O[C@H]1CC[C@@]2(C)[C@@H](C1)C(=O)C=C1[C@H]3CC[C@@H]([C@@H](C)CCCC(C)C)[C@@]3(C)CC[C@@H]12. The van der Waals surface area contributed by atoms with Crippen LogP contribution >= 0.6 is 0 Å². The van der Waals surface area contributed by atoms with E-state index in [1.165, 1.54) is 57.4 Å². The van der Waals surface area contributed by atoms with Crippen LogP contribution in [0.2, 0.25) is 0 Å². The number of esters is 1. The van der Waals surface area contributed by atoms with E-state index >= 15 is 0 Å². The fourth-order valence-corrected chi connectivity index (χ4v) is 8.69. The number of allylic oxidation sites excluding steroid dienone is 2. The lowest BCUT2D eigenvalue weighted by Gasteiger charge is -2.57. The molecule has 0 saturated heterocycles. The molecular weight excluding hydrogens is 396 g/mol. The van der Waals surface area contributed by atoms with Gasteiger partial charge in [-0.15, -0.1) is 0 Å². The molecule has 180 valence electrons. The van der Waals surface area contributed by atoms with Gasteiger partial charge in [0.15, 0.2) is 5.78 Å². The summed E-state index contributed by atoms with van der Waals surface area (Å²) in [6, 6.07) is 0. The molecule has 0 aliphatic heterocycles. The molecule has 0 unspecified atom stereocenters. The fraction of sp³-hybridized carbons (Fsp3) is 0.862. The zero-order valence-corrected chi connectivity index (χ0v) is 21.4. The average molecular weight is 443 g/mol. The minimum Gasteiger partial charge on any atom is -0.463 e. The van der Waals surface area contributed by atoms with Gasteiger partial charge in [-0.25, -0.2) is 0 Å². The molecule has 8 atom stereocenters. The maximum atomic E-state index is 13.4. The Labute approximate surface area is 196 Å². The van der Waals surface area contributed by atoms with E-state index < -0.39 is 0 Å². The first-order valence-electron chi connectivity index (χ1n) is 13.5. The highest BCUT2D eigenvalue weighted by Crippen LogP contribution is 2.66. The first-order chi connectivity index (χ1) is 15.1. The van der Waals surface area contributed by atoms with Gasteiger partial charge in [-0.1, -0.05) is 59.5 Å². The second-order valence-corrected chi connectivity index (χ2v) is 12.7. The Morgan fingerprint density at radius 2 is 1.69 bits per heavy atom. The van der Waals surface area contributed by atoms with E-state index in [-0.39, 0.29) is 23.4 Å². The molecule has 0 spiro atoms. The van der Waals surface area contributed by atoms with Gasteiger partial charge in [-0.3, -0.25) is 9.59 Å². The van der Waals surface area contributed by atoms with Crippen molar-refractivity contribution < 1.29 is 14.3 Å². The molecular formula is C29H46O3. The van der Waals surface area contributed by atoms with Crippen LogP contribution in [0.1, 0.15) is 106 Å². The summed E-state index contributed by atoms with van der Waals surface area (Å²) in [6.07, 6.45) is 13.8. The van der Waals surface area contributed by atoms with Crippen molar-refractivity contribution in [3.05, 3.63) is 11.6 Å². The third-order valence-corrected chi connectivity index (χ3v) is 10.4. The van der Waals surface area contributed by atoms with Crippen LogP contribution in [-0.4, -0.2) is 17.9 Å². The largest absolute Gasteiger partial charge is 0.463 e. The van der Waals surface area contributed by atoms with E-state index in [9.17, 15) is 9.59 Å². The molecule has 3 saturated carbocycles. The number of ketones is 1. The van der Waals surface area contributed by atoms with E-state index in [1.807, 2.05) is 0 Å². The first kappa shape index (κ1) is 24.0. The summed E-state index contributed by atoms with van der Waals surface area (Å²) in [5.74, 6) is 3.62. The summed E-state index contributed by atoms with van der Waals surface area (Å²) in [6.45, 7) is 13.6. The second-order valence-electron chi connectivity index (χ2n) is 12.7. The molecule has 0 amide bonds. The lowest BCUT2D eigenvalue weighted by Crippen LogP contribution is -2.53. The number of fused-ring (bicyclic) bond motifs is 5. The number of ether oxygens (including phenoxy) is 1. The zero-order valence-electron chi connectivity index (χ0n) is 21.4. The molecule has 3 fully saturated rings. The molecule has 0 radical (unpaired) electrons. The molecule has 0 N–H and O–H groups in total. The fourth-order valence-electron chi connectivity index (χ4n) is 8.69. The van der Waals surface area contributed by atoms with E-state index in [4.69, 9.17) is 4.74 Å². The minimum atomic E-state index is -0.217. The molecule has 4 aliphatic rings. The maximum Gasteiger partial charge on any atom is 0.302 e. The lowest BCUT2D eigenvalue weighted by molar-refractivity contribution is -0.155. The minimum absolute atomic E-state index is 0.0193. The van der Waals surface area contributed by atoms with Crippen molar-refractivity contribution in [2.24, 2.45) is 46.3 Å². The van der Waals surface area contributed by atoms with Crippen LogP contribution in [-0.2, 0) is 14.3 Å². The van der Waals surface area contributed by atoms with Crippen molar-refractivity contribution in [3.8, 4) is 0 Å². The molecule has 4 rings (SSSR count). The second kappa shape index (κ2) is 8.91. The van der Waals surface area contributed by atoms with Gasteiger partial charge < -0.3 is 4.74 Å². The van der Waals surface area contributed by atoms with Gasteiger partial charge >= 0.3 is 5.97 Å². The summed E-state index contributed by atoms with van der Waals surface area (Å²) in [5.41, 5.74) is 1.91. The summed E-state index contributed by atoms with van der Waals surface area (Å²) in [5, 5.41) is 0. The van der Waals surface area contributed by atoms with Crippen LogP contribution in [0, 0.1) is 46.3 Å². The zero-order chi connectivity index (χ0) is 23.3. The monoisotopic (exact) mass is 442 g/mol. The predicted molar refractivity (Wildman–Crippen MR) is 129 cm³/mol. The van der Waals surface area contributed by atoms with Crippen molar-refractivity contribution in [2.45, 2.75) is 112 Å². The molecule has 0 heterocycles. The normalized spacial score (nSPS) is 42.0. The third kappa shape index (κ3) is 4.11. The van der Waals surface area contributed by atoms with Crippen LogP contribution < -0.4 is 0 Å². The van der Waals surface area contributed by atoms with Gasteiger partial charge in [0.2, 0.25) is 0 Å². The molecule has 32 heavy (non-hydrogen) atoms. The van der Waals surface area contributed by atoms with Crippen molar-refractivity contribution in [1.82, 2.24) is 0 Å². The van der Waals surface area contributed by atoms with Crippen LogP contribution in [0.15, 0.2) is 11.6 Å². The van der Waals surface area contributed by atoms with Crippen molar-refractivity contribution in [2.75, 3.05) is 0 Å². The third-order valence-electron chi connectivity index (χ3n) is 10.4. The van der Waals surface area contributed by atoms with Crippen molar-refractivity contribution >= 4 is 11.8 Å². The molecule has 3 nitrogen and oxygen atoms in total. The standard InChI is InChI=1S/C29H46O3/c1-18(2)8-7-9-19(3)23-10-11-24-22-17-27(31)26-16-21(32-20(4)30)12-14-29(26,6)25(22)13-15-28(23,24)5/h17-19,21,23-26H,7-16H2,1-6H3/t19-,21-,23-,24+,25-,26-,28+,29+/m0/s1. The Hall–Kier alpha value is -1.12. The lowest BCUT2D eigenvalue weighted by atomic mass is 9.47. The Morgan fingerprint density at radius 1 is 1.00 bits per heavy atom. The van der Waals surface area contributed by atoms with Gasteiger partial charge in [0.05, 0.1) is 0 Å².